The van der Waals surface area contributed by atoms with Gasteiger partial charge in [-0.2, -0.15) is 0 Å². The molecule has 0 aliphatic rings. The number of para-hydroxylation sites is 1. The van der Waals surface area contributed by atoms with Crippen molar-refractivity contribution < 1.29 is 14.3 Å². The fourth-order valence-electron chi connectivity index (χ4n) is 2.58. The third kappa shape index (κ3) is 4.98. The molecule has 6 heteroatoms. The maximum Gasteiger partial charge on any atom is 0.255 e. The van der Waals surface area contributed by atoms with Crippen molar-refractivity contribution in [2.45, 2.75) is 6.92 Å². The van der Waals surface area contributed by atoms with E-state index in [1.54, 1.807) is 42.5 Å². The molecule has 142 valence electrons. The Balaban J connectivity index is 1.71. The molecule has 0 aliphatic carbocycles. The molecule has 2 amide bonds. The van der Waals surface area contributed by atoms with Crippen molar-refractivity contribution in [3.8, 4) is 5.75 Å². The van der Waals surface area contributed by atoms with Gasteiger partial charge in [-0.1, -0.05) is 24.3 Å². The second-order valence-electron chi connectivity index (χ2n) is 5.93. The predicted octanol–water partition coefficient (Wildman–Crippen LogP) is 5.35. The molecule has 0 radical (unpaired) electrons. The van der Waals surface area contributed by atoms with Gasteiger partial charge in [-0.15, -0.1) is 0 Å². The molecule has 0 atom stereocenters. The normalized spacial score (nSPS) is 10.2. The van der Waals surface area contributed by atoms with E-state index in [0.29, 0.717) is 39.3 Å². The second-order valence-corrected chi connectivity index (χ2v) is 6.79. The first-order valence-corrected chi connectivity index (χ1v) is 9.56. The molecule has 0 saturated heterocycles. The monoisotopic (exact) mass is 438 g/mol. The fraction of sp³-hybridized carbons (Fsp3) is 0.0909. The molecule has 0 bridgehead atoms. The number of ether oxygens (including phenoxy) is 1. The number of benzene rings is 3. The van der Waals surface area contributed by atoms with Crippen LogP contribution in [0.3, 0.4) is 0 Å². The lowest BCUT2D eigenvalue weighted by molar-refractivity contribution is 0.101. The van der Waals surface area contributed by atoms with Crippen molar-refractivity contribution in [3.63, 3.8) is 0 Å². The smallest absolute Gasteiger partial charge is 0.255 e. The zero-order valence-electron chi connectivity index (χ0n) is 15.2. The van der Waals surface area contributed by atoms with E-state index >= 15 is 0 Å². The first-order chi connectivity index (χ1) is 13.6. The first kappa shape index (κ1) is 19.6. The van der Waals surface area contributed by atoms with Crippen LogP contribution in [-0.2, 0) is 0 Å². The molecule has 0 spiro atoms. The Morgan fingerprint density at radius 2 is 1.46 bits per heavy atom. The molecular weight excluding hydrogens is 420 g/mol. The summed E-state index contributed by atoms with van der Waals surface area (Å²) in [5, 5.41) is 5.64. The predicted molar refractivity (Wildman–Crippen MR) is 114 cm³/mol. The fourth-order valence-corrected chi connectivity index (χ4v) is 3.07. The third-order valence-electron chi connectivity index (χ3n) is 3.91. The first-order valence-electron chi connectivity index (χ1n) is 8.77. The molecule has 3 aromatic rings. The average molecular weight is 439 g/mol. The Hall–Kier alpha value is -3.12. The highest BCUT2D eigenvalue weighted by molar-refractivity contribution is 9.10. The minimum atomic E-state index is -0.274. The van der Waals surface area contributed by atoms with Crippen LogP contribution < -0.4 is 15.4 Å². The van der Waals surface area contributed by atoms with Gasteiger partial charge in [0.2, 0.25) is 0 Å². The van der Waals surface area contributed by atoms with Gasteiger partial charge in [0.05, 0.1) is 11.1 Å². The molecule has 2 N–H and O–H groups in total. The van der Waals surface area contributed by atoms with Crippen LogP contribution >= 0.6 is 15.9 Å². The van der Waals surface area contributed by atoms with Gasteiger partial charge in [-0.05, 0) is 71.4 Å². The second kappa shape index (κ2) is 9.19. The van der Waals surface area contributed by atoms with E-state index < -0.39 is 0 Å². The molecule has 3 aromatic carbocycles. The summed E-state index contributed by atoms with van der Waals surface area (Å²) in [4.78, 5) is 25.0. The zero-order chi connectivity index (χ0) is 19.9. The summed E-state index contributed by atoms with van der Waals surface area (Å²) in [5.74, 6) is 0.161. The highest BCUT2D eigenvalue weighted by Gasteiger charge is 2.11. The Labute approximate surface area is 171 Å². The van der Waals surface area contributed by atoms with Gasteiger partial charge in [0.1, 0.15) is 5.75 Å². The van der Waals surface area contributed by atoms with Crippen molar-refractivity contribution in [1.82, 2.24) is 0 Å². The summed E-state index contributed by atoms with van der Waals surface area (Å²) in [6, 6.07) is 21.1. The van der Waals surface area contributed by atoms with Gasteiger partial charge in [-0.3, -0.25) is 9.59 Å². The number of nitrogens with one attached hydrogen (secondary N) is 2. The minimum Gasteiger partial charge on any atom is -0.493 e. The molecule has 0 aliphatic heterocycles. The van der Waals surface area contributed by atoms with E-state index in [2.05, 4.69) is 26.6 Å². The largest absolute Gasteiger partial charge is 0.493 e. The molecular formula is C22H19BrN2O3. The SMILES string of the molecule is CCOc1ccc(C(=O)Nc2cccc(C(=O)Nc3ccccc3)c2)cc1Br. The van der Waals surface area contributed by atoms with Crippen molar-refractivity contribution >= 4 is 39.1 Å². The van der Waals surface area contributed by atoms with E-state index in [1.165, 1.54) is 0 Å². The summed E-state index contributed by atoms with van der Waals surface area (Å²) in [6.07, 6.45) is 0. The van der Waals surface area contributed by atoms with Gasteiger partial charge in [0, 0.05) is 22.5 Å². The van der Waals surface area contributed by atoms with Crippen LogP contribution in [0.25, 0.3) is 0 Å². The third-order valence-corrected chi connectivity index (χ3v) is 4.53. The molecule has 0 fully saturated rings. The highest BCUT2D eigenvalue weighted by Crippen LogP contribution is 2.26. The standard InChI is InChI=1S/C22H19BrN2O3/c1-2-28-20-12-11-16(14-19(20)23)22(27)25-18-10-6-7-15(13-18)21(26)24-17-8-4-3-5-9-17/h3-14H,2H2,1H3,(H,24,26)(H,25,27). The quantitative estimate of drug-likeness (QED) is 0.544. The summed E-state index contributed by atoms with van der Waals surface area (Å²) < 4.78 is 6.16. The van der Waals surface area contributed by atoms with E-state index in [-0.39, 0.29) is 11.8 Å². The number of hydrogen-bond acceptors (Lipinski definition) is 3. The maximum atomic E-state index is 12.5. The lowest BCUT2D eigenvalue weighted by Gasteiger charge is -2.10. The Morgan fingerprint density at radius 1 is 0.821 bits per heavy atom. The maximum absolute atomic E-state index is 12.5. The van der Waals surface area contributed by atoms with Crippen molar-refractivity contribution in [2.75, 3.05) is 17.2 Å². The summed E-state index contributed by atoms with van der Waals surface area (Å²) >= 11 is 3.41. The van der Waals surface area contributed by atoms with Crippen molar-refractivity contribution in [1.29, 1.82) is 0 Å². The molecule has 3 rings (SSSR count). The lowest BCUT2D eigenvalue weighted by atomic mass is 10.1. The Kier molecular flexibility index (Phi) is 6.45. The number of carbonyl (C=O) groups excluding carboxylic acids is 2. The number of rotatable bonds is 6. The topological polar surface area (TPSA) is 67.4 Å². The Bertz CT molecular complexity index is 990. The van der Waals surface area contributed by atoms with Crippen LogP contribution in [0.15, 0.2) is 77.3 Å². The lowest BCUT2D eigenvalue weighted by Crippen LogP contribution is -2.14. The molecule has 28 heavy (non-hydrogen) atoms. The number of hydrogen-bond donors (Lipinski definition) is 2. The van der Waals surface area contributed by atoms with Crippen LogP contribution in [0.4, 0.5) is 11.4 Å². The number of halogens is 1. The van der Waals surface area contributed by atoms with Gasteiger partial charge >= 0.3 is 0 Å². The van der Waals surface area contributed by atoms with Crippen molar-refractivity contribution in [3.05, 3.63) is 88.4 Å². The minimum absolute atomic E-state index is 0.244. The summed E-state index contributed by atoms with van der Waals surface area (Å²) in [6.45, 7) is 2.44. The number of carbonyl (C=O) groups is 2. The molecule has 0 aromatic heterocycles. The van der Waals surface area contributed by atoms with Crippen molar-refractivity contribution in [2.24, 2.45) is 0 Å². The molecule has 0 saturated carbocycles. The van der Waals surface area contributed by atoms with Crippen LogP contribution in [0, 0.1) is 0 Å². The molecule has 0 unspecified atom stereocenters. The van der Waals surface area contributed by atoms with E-state index in [4.69, 9.17) is 4.74 Å². The van der Waals surface area contributed by atoms with Gasteiger partial charge in [0.25, 0.3) is 11.8 Å². The molecule has 0 heterocycles. The number of anilines is 2. The average Bonchev–Trinajstić information content (AvgIpc) is 2.70. The Morgan fingerprint density at radius 3 is 2.14 bits per heavy atom. The number of amides is 2. The van der Waals surface area contributed by atoms with Crippen LogP contribution in [0.2, 0.25) is 0 Å². The van der Waals surface area contributed by atoms with E-state index in [1.807, 2.05) is 37.3 Å². The van der Waals surface area contributed by atoms with Crippen LogP contribution in [0.5, 0.6) is 5.75 Å². The molecule has 5 nitrogen and oxygen atoms in total. The van der Waals surface area contributed by atoms with Gasteiger partial charge in [-0.25, -0.2) is 0 Å². The van der Waals surface area contributed by atoms with Crippen LogP contribution in [0.1, 0.15) is 27.6 Å². The highest BCUT2D eigenvalue weighted by atomic mass is 79.9. The summed E-state index contributed by atoms with van der Waals surface area (Å²) in [5.41, 5.74) is 2.18. The zero-order valence-corrected chi connectivity index (χ0v) is 16.8. The summed E-state index contributed by atoms with van der Waals surface area (Å²) in [7, 11) is 0. The van der Waals surface area contributed by atoms with E-state index in [9.17, 15) is 9.59 Å². The van der Waals surface area contributed by atoms with Crippen LogP contribution in [-0.4, -0.2) is 18.4 Å². The van der Waals surface area contributed by atoms with Gasteiger partial charge in [0.15, 0.2) is 0 Å². The van der Waals surface area contributed by atoms with Gasteiger partial charge < -0.3 is 15.4 Å². The van der Waals surface area contributed by atoms with E-state index in [0.717, 1.165) is 0 Å².